The van der Waals surface area contributed by atoms with Crippen LogP contribution in [0.15, 0.2) is 45.3 Å². The summed E-state index contributed by atoms with van der Waals surface area (Å²) in [7, 11) is -3.93. The second-order valence-electron chi connectivity index (χ2n) is 6.99. The van der Waals surface area contributed by atoms with Crippen molar-refractivity contribution < 1.29 is 39.3 Å². The predicted octanol–water partition coefficient (Wildman–Crippen LogP) is 4.35. The van der Waals surface area contributed by atoms with Gasteiger partial charge in [0.05, 0.1) is 10.4 Å². The Labute approximate surface area is 187 Å². The molecule has 4 heterocycles. The number of piperazine rings is 1. The van der Waals surface area contributed by atoms with Crippen LogP contribution in [-0.4, -0.2) is 49.0 Å². The van der Waals surface area contributed by atoms with Crippen molar-refractivity contribution >= 4 is 27.2 Å². The second kappa shape index (κ2) is 8.29. The molecule has 0 atom stereocenters. The van der Waals surface area contributed by atoms with Crippen molar-refractivity contribution in [3.8, 4) is 10.6 Å². The number of sulfonamides is 1. The third-order valence-electron chi connectivity index (χ3n) is 4.86. The number of alkyl halides is 6. The fourth-order valence-corrected chi connectivity index (χ4v) is 5.98. The highest BCUT2D eigenvalue weighted by molar-refractivity contribution is 7.91. The zero-order valence-corrected chi connectivity index (χ0v) is 18.0. The number of rotatable bonds is 4. The first kappa shape index (κ1) is 23.5. The lowest BCUT2D eigenvalue weighted by Crippen LogP contribution is -2.48. The van der Waals surface area contributed by atoms with Gasteiger partial charge in [0.2, 0.25) is 5.76 Å². The zero-order valence-electron chi connectivity index (χ0n) is 16.4. The topological polar surface area (TPSA) is 79.5 Å². The Morgan fingerprint density at radius 2 is 1.64 bits per heavy atom. The third-order valence-corrected chi connectivity index (χ3v) is 8.33. The summed E-state index contributed by atoms with van der Waals surface area (Å²) in [5, 5.41) is 3.35. The van der Waals surface area contributed by atoms with Gasteiger partial charge in [0.25, 0.3) is 10.0 Å². The lowest BCUT2D eigenvalue weighted by molar-refractivity contribution is -0.155. The van der Waals surface area contributed by atoms with Gasteiger partial charge >= 0.3 is 12.4 Å². The molecule has 1 fully saturated rings. The molecule has 0 spiro atoms. The molecule has 33 heavy (non-hydrogen) atoms. The van der Waals surface area contributed by atoms with Crippen molar-refractivity contribution in [2.75, 3.05) is 31.1 Å². The minimum atomic E-state index is -4.71. The van der Waals surface area contributed by atoms with Crippen LogP contribution in [0.5, 0.6) is 0 Å². The van der Waals surface area contributed by atoms with E-state index < -0.39 is 33.7 Å². The van der Waals surface area contributed by atoms with Crippen LogP contribution >= 0.6 is 11.3 Å². The fourth-order valence-electron chi connectivity index (χ4n) is 3.15. The maximum absolute atomic E-state index is 12.9. The molecule has 0 N–H and O–H groups in total. The van der Waals surface area contributed by atoms with Crippen LogP contribution < -0.4 is 4.90 Å². The number of anilines is 1. The molecule has 1 aliphatic rings. The molecule has 0 aliphatic carbocycles. The Kier molecular flexibility index (Phi) is 5.90. The van der Waals surface area contributed by atoms with Gasteiger partial charge in [-0.05, 0) is 24.3 Å². The summed E-state index contributed by atoms with van der Waals surface area (Å²) < 4.78 is 107. The van der Waals surface area contributed by atoms with Crippen LogP contribution in [0.25, 0.3) is 10.6 Å². The molecule has 0 aromatic carbocycles. The number of pyridine rings is 1. The number of nitrogens with zero attached hydrogens (tertiary/aromatic N) is 4. The quantitative estimate of drug-likeness (QED) is 0.484. The van der Waals surface area contributed by atoms with Crippen molar-refractivity contribution in [1.82, 2.24) is 14.4 Å². The van der Waals surface area contributed by atoms with Gasteiger partial charge in [-0.15, -0.1) is 11.3 Å². The van der Waals surface area contributed by atoms with Gasteiger partial charge in [-0.2, -0.15) is 30.6 Å². The Morgan fingerprint density at radius 1 is 0.939 bits per heavy atom. The summed E-state index contributed by atoms with van der Waals surface area (Å²) in [4.78, 5) is 5.68. The molecule has 3 aromatic heterocycles. The molecule has 1 aliphatic heterocycles. The lowest BCUT2D eigenvalue weighted by atomic mass is 10.2. The number of hydrogen-bond acceptors (Lipinski definition) is 7. The van der Waals surface area contributed by atoms with E-state index in [0.29, 0.717) is 11.9 Å². The summed E-state index contributed by atoms with van der Waals surface area (Å²) in [6, 6.07) is 5.45. The van der Waals surface area contributed by atoms with E-state index in [1.165, 1.54) is 22.5 Å². The van der Waals surface area contributed by atoms with E-state index in [1.807, 2.05) is 0 Å². The predicted molar refractivity (Wildman–Crippen MR) is 105 cm³/mol. The minimum Gasteiger partial charge on any atom is -0.354 e. The van der Waals surface area contributed by atoms with E-state index in [9.17, 15) is 34.8 Å². The normalized spacial score (nSPS) is 16.4. The summed E-state index contributed by atoms with van der Waals surface area (Å²) in [6.45, 7) is 0.517. The molecular weight excluding hydrogens is 498 g/mol. The van der Waals surface area contributed by atoms with Crippen LogP contribution in [0.3, 0.4) is 0 Å². The monoisotopic (exact) mass is 512 g/mol. The van der Waals surface area contributed by atoms with Crippen LogP contribution in [0.1, 0.15) is 11.3 Å². The van der Waals surface area contributed by atoms with Crippen LogP contribution in [0.4, 0.5) is 32.2 Å². The Hall–Kier alpha value is -2.65. The largest absolute Gasteiger partial charge is 0.452 e. The van der Waals surface area contributed by atoms with Gasteiger partial charge in [-0.3, -0.25) is 0 Å². The van der Waals surface area contributed by atoms with Crippen LogP contribution in [-0.2, 0) is 22.4 Å². The van der Waals surface area contributed by atoms with Gasteiger partial charge in [-0.1, -0.05) is 5.16 Å². The van der Waals surface area contributed by atoms with Crippen molar-refractivity contribution in [1.29, 1.82) is 0 Å². The third kappa shape index (κ3) is 4.84. The van der Waals surface area contributed by atoms with Crippen LogP contribution in [0, 0.1) is 0 Å². The van der Waals surface area contributed by atoms with Crippen molar-refractivity contribution in [2.45, 2.75) is 16.6 Å². The van der Waals surface area contributed by atoms with Gasteiger partial charge in [-0.25, -0.2) is 13.4 Å². The SMILES string of the molecule is O=S(=O)(c1ccc(-c2cc(C(F)(F)F)on2)s1)N1CCN(c2ccc(C(F)(F)F)cn2)CC1. The highest BCUT2D eigenvalue weighted by Gasteiger charge is 2.37. The summed E-state index contributed by atoms with van der Waals surface area (Å²) in [5.74, 6) is -0.992. The van der Waals surface area contributed by atoms with E-state index in [0.717, 1.165) is 23.6 Å². The molecule has 178 valence electrons. The Bertz CT molecular complexity index is 1230. The van der Waals surface area contributed by atoms with Crippen molar-refractivity contribution in [3.63, 3.8) is 0 Å². The molecule has 1 saturated heterocycles. The molecule has 0 radical (unpaired) electrons. The first-order valence-electron chi connectivity index (χ1n) is 9.28. The highest BCUT2D eigenvalue weighted by Crippen LogP contribution is 2.36. The van der Waals surface area contributed by atoms with Gasteiger partial charge in [0.1, 0.15) is 15.7 Å². The Balaban J connectivity index is 1.44. The Morgan fingerprint density at radius 3 is 2.18 bits per heavy atom. The highest BCUT2D eigenvalue weighted by atomic mass is 32.2. The van der Waals surface area contributed by atoms with E-state index in [2.05, 4.69) is 14.7 Å². The van der Waals surface area contributed by atoms with E-state index in [4.69, 9.17) is 0 Å². The van der Waals surface area contributed by atoms with E-state index >= 15 is 0 Å². The number of hydrogen-bond donors (Lipinski definition) is 0. The van der Waals surface area contributed by atoms with Crippen molar-refractivity contribution in [3.05, 3.63) is 47.9 Å². The maximum atomic E-state index is 12.9. The summed E-state index contributed by atoms with van der Waals surface area (Å²) in [6.07, 6.45) is -8.49. The van der Waals surface area contributed by atoms with Gasteiger partial charge in [0.15, 0.2) is 0 Å². The maximum Gasteiger partial charge on any atom is 0.452 e. The zero-order chi connectivity index (χ0) is 24.0. The summed E-state index contributed by atoms with van der Waals surface area (Å²) in [5.41, 5.74) is -1.01. The first-order chi connectivity index (χ1) is 15.4. The average Bonchev–Trinajstić information content (AvgIpc) is 3.43. The number of thiophene rings is 1. The second-order valence-corrected chi connectivity index (χ2v) is 10.2. The molecule has 0 unspecified atom stereocenters. The summed E-state index contributed by atoms with van der Waals surface area (Å²) >= 11 is 0.760. The van der Waals surface area contributed by atoms with Gasteiger partial charge < -0.3 is 9.42 Å². The molecular formula is C18H14F6N4O3S2. The number of halogens is 6. The van der Waals surface area contributed by atoms with E-state index in [1.54, 1.807) is 4.90 Å². The fraction of sp³-hybridized carbons (Fsp3) is 0.333. The molecule has 0 bridgehead atoms. The van der Waals surface area contributed by atoms with E-state index in [-0.39, 0.29) is 41.0 Å². The molecule has 0 amide bonds. The van der Waals surface area contributed by atoms with Gasteiger partial charge in [0, 0.05) is 38.4 Å². The molecule has 4 rings (SSSR count). The smallest absolute Gasteiger partial charge is 0.354 e. The molecule has 15 heteroatoms. The molecule has 7 nitrogen and oxygen atoms in total. The standard InChI is InChI=1S/C18H14F6N4O3S2/c19-17(20,21)11-1-3-15(25-10-11)27-5-7-28(8-6-27)33(29,30)16-4-2-13(32-16)12-9-14(31-26-12)18(22,23)24/h1-4,9-10H,5-8H2. The first-order valence-corrected chi connectivity index (χ1v) is 11.5. The minimum absolute atomic E-state index is 0.0560. The molecule has 3 aromatic rings. The molecule has 0 saturated carbocycles. The number of aromatic nitrogens is 2. The lowest BCUT2D eigenvalue weighted by Gasteiger charge is -2.34. The average molecular weight is 512 g/mol. The van der Waals surface area contributed by atoms with Crippen LogP contribution in [0.2, 0.25) is 0 Å². The van der Waals surface area contributed by atoms with Crippen molar-refractivity contribution in [2.24, 2.45) is 0 Å².